The van der Waals surface area contributed by atoms with Gasteiger partial charge in [-0.2, -0.15) is 0 Å². The molecule has 2 amide bonds. The van der Waals surface area contributed by atoms with Crippen LogP contribution in [0.4, 0.5) is 10.1 Å². The lowest BCUT2D eigenvalue weighted by Gasteiger charge is -2.37. The number of hydrogen-bond donors (Lipinski definition) is 0. The maximum absolute atomic E-state index is 13.3. The Labute approximate surface area is 190 Å². The Morgan fingerprint density at radius 3 is 2.19 bits per heavy atom. The second kappa shape index (κ2) is 7.11. The van der Waals surface area contributed by atoms with E-state index in [2.05, 4.69) is 12.2 Å². The molecular formula is C26H21ClFNO3. The molecule has 6 heteroatoms. The summed E-state index contributed by atoms with van der Waals surface area (Å²) < 4.78 is 13.3. The Balaban J connectivity index is 1.15. The molecular weight excluding hydrogens is 429 g/mol. The second-order valence-electron chi connectivity index (χ2n) is 9.38. The van der Waals surface area contributed by atoms with Crippen LogP contribution >= 0.6 is 11.6 Å². The summed E-state index contributed by atoms with van der Waals surface area (Å²) >= 11 is 5.76. The highest BCUT2D eigenvalue weighted by atomic mass is 35.5. The number of ketones is 1. The summed E-state index contributed by atoms with van der Waals surface area (Å²) in [7, 11) is 0. The van der Waals surface area contributed by atoms with Crippen LogP contribution in [0.1, 0.15) is 28.8 Å². The Morgan fingerprint density at radius 2 is 1.59 bits per heavy atom. The predicted molar refractivity (Wildman–Crippen MR) is 118 cm³/mol. The summed E-state index contributed by atoms with van der Waals surface area (Å²) in [5.74, 6) is 0.363. The summed E-state index contributed by atoms with van der Waals surface area (Å²) in [6.07, 6.45) is 6.24. The van der Waals surface area contributed by atoms with Gasteiger partial charge in [-0.15, -0.1) is 0 Å². The lowest BCUT2D eigenvalue weighted by Crippen LogP contribution is -2.40. The zero-order chi connectivity index (χ0) is 22.1. The molecule has 4 aliphatic carbocycles. The fourth-order valence-electron chi connectivity index (χ4n) is 6.09. The quantitative estimate of drug-likeness (QED) is 0.372. The summed E-state index contributed by atoms with van der Waals surface area (Å²) in [6.45, 7) is 0. The fraction of sp³-hybridized carbons (Fsp3) is 0.346. The van der Waals surface area contributed by atoms with E-state index in [1.807, 2.05) is 12.1 Å². The van der Waals surface area contributed by atoms with Crippen molar-refractivity contribution in [1.82, 2.24) is 0 Å². The molecule has 1 saturated heterocycles. The SMILES string of the molecule is O=C(CCc1ccc(N2C(=O)C3C4C=CC(C5CC45)C3C2=O)cc1)c1ccc(F)c(Cl)c1. The maximum atomic E-state index is 13.3. The average molecular weight is 450 g/mol. The molecule has 0 aromatic heterocycles. The van der Waals surface area contributed by atoms with Gasteiger partial charge in [0.1, 0.15) is 5.82 Å². The third kappa shape index (κ3) is 2.91. The number of imide groups is 1. The molecule has 6 unspecified atom stereocenters. The summed E-state index contributed by atoms with van der Waals surface area (Å²) in [5.41, 5.74) is 1.91. The smallest absolute Gasteiger partial charge is 0.238 e. The van der Waals surface area contributed by atoms with Gasteiger partial charge < -0.3 is 0 Å². The number of amides is 2. The average Bonchev–Trinajstić information content (AvgIpc) is 3.58. The molecule has 6 atom stereocenters. The van der Waals surface area contributed by atoms with Crippen LogP contribution in [0.5, 0.6) is 0 Å². The van der Waals surface area contributed by atoms with Crippen LogP contribution in [-0.4, -0.2) is 17.6 Å². The van der Waals surface area contributed by atoms with Crippen LogP contribution in [0, 0.1) is 41.3 Å². The van der Waals surface area contributed by atoms with Crippen LogP contribution < -0.4 is 4.90 Å². The summed E-state index contributed by atoms with van der Waals surface area (Å²) in [6, 6.07) is 11.3. The van der Waals surface area contributed by atoms with E-state index in [1.165, 1.54) is 23.1 Å². The number of hydrogen-bond acceptors (Lipinski definition) is 3. The van der Waals surface area contributed by atoms with E-state index < -0.39 is 5.82 Å². The predicted octanol–water partition coefficient (Wildman–Crippen LogP) is 4.85. The zero-order valence-corrected chi connectivity index (χ0v) is 18.0. The van der Waals surface area contributed by atoms with Crippen molar-refractivity contribution in [2.45, 2.75) is 19.3 Å². The van der Waals surface area contributed by atoms with Gasteiger partial charge in [0.05, 0.1) is 22.5 Å². The third-order valence-electron chi connectivity index (χ3n) is 7.74. The second-order valence-corrected chi connectivity index (χ2v) is 9.79. The summed E-state index contributed by atoms with van der Waals surface area (Å²) in [4.78, 5) is 40.2. The number of Topliss-reactive ketones (excluding diaryl/α,β-unsaturated/α-hetero) is 1. The van der Waals surface area contributed by atoms with Gasteiger partial charge in [-0.3, -0.25) is 19.3 Å². The molecule has 2 bridgehead atoms. The van der Waals surface area contributed by atoms with Crippen molar-refractivity contribution in [3.8, 4) is 0 Å². The van der Waals surface area contributed by atoms with Crippen molar-refractivity contribution in [2.24, 2.45) is 35.5 Å². The molecule has 1 heterocycles. The van der Waals surface area contributed by atoms with Crippen LogP contribution in [0.25, 0.3) is 0 Å². The lowest BCUT2D eigenvalue weighted by molar-refractivity contribution is -0.124. The molecule has 2 saturated carbocycles. The molecule has 1 aliphatic heterocycles. The number of carbonyl (C=O) groups is 3. The molecule has 162 valence electrons. The third-order valence-corrected chi connectivity index (χ3v) is 8.03. The number of halogens is 2. The molecule has 4 nitrogen and oxygen atoms in total. The highest BCUT2D eigenvalue weighted by Crippen LogP contribution is 2.65. The van der Waals surface area contributed by atoms with Crippen molar-refractivity contribution < 1.29 is 18.8 Å². The molecule has 5 aliphatic rings. The molecule has 32 heavy (non-hydrogen) atoms. The molecule has 7 rings (SSSR count). The summed E-state index contributed by atoms with van der Waals surface area (Å²) in [5, 5.41) is -0.0679. The van der Waals surface area contributed by atoms with E-state index in [0.717, 1.165) is 12.0 Å². The van der Waals surface area contributed by atoms with Gasteiger partial charge in [0.2, 0.25) is 11.8 Å². The van der Waals surface area contributed by atoms with Gasteiger partial charge >= 0.3 is 0 Å². The van der Waals surface area contributed by atoms with Gasteiger partial charge in [-0.05, 0) is 72.4 Å². The molecule has 0 N–H and O–H groups in total. The van der Waals surface area contributed by atoms with Crippen molar-refractivity contribution in [2.75, 3.05) is 4.90 Å². The molecule has 0 spiro atoms. The largest absolute Gasteiger partial charge is 0.294 e. The standard InChI is InChI=1S/C26H21ClFNO3/c27-20-11-14(4-9-21(20)28)22(30)10-3-13-1-5-15(6-2-13)29-25(31)23-16-7-8-17(19-12-18(16)19)24(23)26(29)32/h1-2,4-9,11,16-19,23-24H,3,10,12H2. The fourth-order valence-corrected chi connectivity index (χ4v) is 6.28. The number of benzene rings is 2. The van der Waals surface area contributed by atoms with E-state index in [9.17, 15) is 18.8 Å². The molecule has 3 fully saturated rings. The number of allylic oxidation sites excluding steroid dienone is 2. The van der Waals surface area contributed by atoms with Crippen LogP contribution in [-0.2, 0) is 16.0 Å². The van der Waals surface area contributed by atoms with E-state index in [0.29, 0.717) is 29.5 Å². The number of carbonyl (C=O) groups excluding carboxylic acids is 3. The number of rotatable bonds is 5. The molecule has 2 aromatic rings. The first-order valence-electron chi connectivity index (χ1n) is 11.1. The van der Waals surface area contributed by atoms with E-state index >= 15 is 0 Å². The monoisotopic (exact) mass is 449 g/mol. The highest BCUT2D eigenvalue weighted by molar-refractivity contribution is 6.31. The first kappa shape index (κ1) is 19.9. The highest BCUT2D eigenvalue weighted by Gasteiger charge is 2.67. The van der Waals surface area contributed by atoms with Crippen molar-refractivity contribution >= 4 is 34.9 Å². The Hall–Kier alpha value is -2.79. The van der Waals surface area contributed by atoms with Gasteiger partial charge in [-0.1, -0.05) is 35.9 Å². The Morgan fingerprint density at radius 1 is 0.969 bits per heavy atom. The Kier molecular flexibility index (Phi) is 4.41. The van der Waals surface area contributed by atoms with Crippen LogP contribution in [0.15, 0.2) is 54.6 Å². The minimum atomic E-state index is -0.550. The molecule has 0 radical (unpaired) electrons. The van der Waals surface area contributed by atoms with E-state index in [1.54, 1.807) is 12.1 Å². The van der Waals surface area contributed by atoms with Crippen LogP contribution in [0.2, 0.25) is 5.02 Å². The van der Waals surface area contributed by atoms with Crippen LogP contribution in [0.3, 0.4) is 0 Å². The van der Waals surface area contributed by atoms with Crippen molar-refractivity contribution in [3.05, 3.63) is 76.6 Å². The Bertz CT molecular complexity index is 1150. The number of anilines is 1. The van der Waals surface area contributed by atoms with Gasteiger partial charge in [0.25, 0.3) is 0 Å². The number of aryl methyl sites for hydroxylation is 1. The van der Waals surface area contributed by atoms with Crippen molar-refractivity contribution in [1.29, 1.82) is 0 Å². The lowest BCUT2D eigenvalue weighted by atomic mass is 9.63. The van der Waals surface area contributed by atoms with Gasteiger partial charge in [0, 0.05) is 12.0 Å². The number of nitrogens with zero attached hydrogens (tertiary/aromatic N) is 1. The molecule has 2 aromatic carbocycles. The zero-order valence-electron chi connectivity index (χ0n) is 17.2. The van der Waals surface area contributed by atoms with E-state index in [4.69, 9.17) is 11.6 Å². The maximum Gasteiger partial charge on any atom is 0.238 e. The van der Waals surface area contributed by atoms with Crippen molar-refractivity contribution in [3.63, 3.8) is 0 Å². The topological polar surface area (TPSA) is 54.5 Å². The normalized spacial score (nSPS) is 31.6. The van der Waals surface area contributed by atoms with Gasteiger partial charge in [0.15, 0.2) is 5.78 Å². The first-order valence-corrected chi connectivity index (χ1v) is 11.4. The van der Waals surface area contributed by atoms with E-state index in [-0.39, 0.29) is 52.7 Å². The van der Waals surface area contributed by atoms with Gasteiger partial charge in [-0.25, -0.2) is 4.39 Å². The first-order chi connectivity index (χ1) is 15.4. The minimum Gasteiger partial charge on any atom is -0.294 e. The minimum absolute atomic E-state index is 0.0679.